The Morgan fingerprint density at radius 2 is 1.83 bits per heavy atom. The molecule has 0 aromatic carbocycles. The van der Waals surface area contributed by atoms with E-state index < -0.39 is 0 Å². The molecule has 0 aliphatic carbocycles. The molecular weight excluding hydrogens is 284 g/mol. The van der Waals surface area contributed by atoms with Gasteiger partial charge in [0.25, 0.3) is 0 Å². The van der Waals surface area contributed by atoms with Crippen LogP contribution in [0.15, 0.2) is 18.5 Å². The highest BCUT2D eigenvalue weighted by molar-refractivity contribution is 5.65. The second-order valence-electron chi connectivity index (χ2n) is 7.03. The van der Waals surface area contributed by atoms with Crippen molar-refractivity contribution < 1.29 is 0 Å². The number of likely N-dealkylation sites (tertiary alicyclic amines) is 1. The molecule has 1 saturated heterocycles. The van der Waals surface area contributed by atoms with Crippen LogP contribution in [0.2, 0.25) is 0 Å². The van der Waals surface area contributed by atoms with Crippen molar-refractivity contribution in [1.82, 2.24) is 19.6 Å². The molecule has 3 rings (SSSR count). The molecule has 2 aliphatic rings. The van der Waals surface area contributed by atoms with Gasteiger partial charge in [-0.2, -0.15) is 5.10 Å². The van der Waals surface area contributed by atoms with E-state index in [0.29, 0.717) is 0 Å². The number of piperidine rings is 1. The third kappa shape index (κ3) is 4.92. The van der Waals surface area contributed by atoms with Crippen molar-refractivity contribution in [3.05, 3.63) is 24.0 Å². The summed E-state index contributed by atoms with van der Waals surface area (Å²) >= 11 is 0. The summed E-state index contributed by atoms with van der Waals surface area (Å²) in [5.74, 6) is 0. The van der Waals surface area contributed by atoms with Gasteiger partial charge in [-0.1, -0.05) is 25.8 Å². The van der Waals surface area contributed by atoms with E-state index in [4.69, 9.17) is 0 Å². The van der Waals surface area contributed by atoms with E-state index in [2.05, 4.69) is 38.8 Å². The standard InChI is InChI=1S/C19H32N4/c1-2-3-11-23-17-19(16-20-23)18-7-12-22(13-8-18)15-14-21-9-5-4-6-10-21/h7,16-17H,2-6,8-15H2,1H3. The summed E-state index contributed by atoms with van der Waals surface area (Å²) in [6.45, 7) is 10.7. The summed E-state index contributed by atoms with van der Waals surface area (Å²) in [5, 5.41) is 4.50. The van der Waals surface area contributed by atoms with E-state index in [-0.39, 0.29) is 0 Å². The maximum absolute atomic E-state index is 4.50. The van der Waals surface area contributed by atoms with Crippen LogP contribution in [0.5, 0.6) is 0 Å². The van der Waals surface area contributed by atoms with Crippen molar-refractivity contribution in [2.45, 2.75) is 52.0 Å². The van der Waals surface area contributed by atoms with E-state index >= 15 is 0 Å². The highest BCUT2D eigenvalue weighted by Crippen LogP contribution is 2.22. The second-order valence-corrected chi connectivity index (χ2v) is 7.03. The fourth-order valence-electron chi connectivity index (χ4n) is 3.61. The van der Waals surface area contributed by atoms with Crippen LogP contribution < -0.4 is 0 Å². The summed E-state index contributed by atoms with van der Waals surface area (Å²) in [5.41, 5.74) is 2.82. The number of aryl methyl sites for hydroxylation is 1. The number of rotatable bonds is 7. The summed E-state index contributed by atoms with van der Waals surface area (Å²) in [6, 6.07) is 0. The molecule has 2 aliphatic heterocycles. The lowest BCUT2D eigenvalue weighted by Crippen LogP contribution is -2.39. The van der Waals surface area contributed by atoms with E-state index in [1.807, 2.05) is 6.20 Å². The topological polar surface area (TPSA) is 24.3 Å². The highest BCUT2D eigenvalue weighted by Gasteiger charge is 2.16. The Labute approximate surface area is 141 Å². The molecule has 0 atom stereocenters. The van der Waals surface area contributed by atoms with Gasteiger partial charge in [0.15, 0.2) is 0 Å². The van der Waals surface area contributed by atoms with Gasteiger partial charge in [0.2, 0.25) is 0 Å². The zero-order valence-corrected chi connectivity index (χ0v) is 14.7. The zero-order chi connectivity index (χ0) is 15.9. The molecule has 1 aromatic rings. The van der Waals surface area contributed by atoms with Gasteiger partial charge in [-0.15, -0.1) is 0 Å². The molecule has 0 spiro atoms. The Hall–Kier alpha value is -1.13. The van der Waals surface area contributed by atoms with Gasteiger partial charge in [0.1, 0.15) is 0 Å². The first-order valence-electron chi connectivity index (χ1n) is 9.51. The molecule has 4 nitrogen and oxygen atoms in total. The van der Waals surface area contributed by atoms with Crippen molar-refractivity contribution in [1.29, 1.82) is 0 Å². The average Bonchev–Trinajstić information content (AvgIpc) is 3.08. The summed E-state index contributed by atoms with van der Waals surface area (Å²) < 4.78 is 2.10. The Kier molecular flexibility index (Phi) is 6.29. The molecule has 1 fully saturated rings. The maximum atomic E-state index is 4.50. The van der Waals surface area contributed by atoms with Gasteiger partial charge in [-0.05, 0) is 44.3 Å². The Balaban J connectivity index is 1.45. The van der Waals surface area contributed by atoms with Gasteiger partial charge < -0.3 is 4.90 Å². The van der Waals surface area contributed by atoms with Crippen molar-refractivity contribution >= 4 is 5.57 Å². The molecule has 23 heavy (non-hydrogen) atoms. The van der Waals surface area contributed by atoms with Crippen LogP contribution in [0.1, 0.15) is 51.0 Å². The minimum absolute atomic E-state index is 1.05. The van der Waals surface area contributed by atoms with Crippen molar-refractivity contribution in [3.8, 4) is 0 Å². The van der Waals surface area contributed by atoms with Crippen LogP contribution in [0.25, 0.3) is 5.57 Å². The molecule has 0 radical (unpaired) electrons. The van der Waals surface area contributed by atoms with Crippen LogP contribution in [-0.4, -0.2) is 58.8 Å². The van der Waals surface area contributed by atoms with E-state index in [1.54, 1.807) is 0 Å². The number of nitrogens with zero attached hydrogens (tertiary/aromatic N) is 4. The van der Waals surface area contributed by atoms with Crippen LogP contribution in [-0.2, 0) is 6.54 Å². The monoisotopic (exact) mass is 316 g/mol. The van der Waals surface area contributed by atoms with Gasteiger partial charge in [-0.3, -0.25) is 9.58 Å². The Bertz CT molecular complexity index is 499. The lowest BCUT2D eigenvalue weighted by Gasteiger charge is -2.31. The first-order chi connectivity index (χ1) is 11.3. The normalized spacial score (nSPS) is 20.7. The molecule has 3 heterocycles. The first-order valence-corrected chi connectivity index (χ1v) is 9.51. The fraction of sp³-hybridized carbons (Fsp3) is 0.737. The quantitative estimate of drug-likeness (QED) is 0.772. The minimum Gasteiger partial charge on any atom is -0.302 e. The lowest BCUT2D eigenvalue weighted by molar-refractivity contribution is 0.188. The van der Waals surface area contributed by atoms with Crippen LogP contribution >= 0.6 is 0 Å². The number of hydrogen-bond acceptors (Lipinski definition) is 3. The molecule has 0 amide bonds. The summed E-state index contributed by atoms with van der Waals surface area (Å²) in [4.78, 5) is 5.24. The predicted molar refractivity (Wildman–Crippen MR) is 96.5 cm³/mol. The largest absolute Gasteiger partial charge is 0.302 e. The van der Waals surface area contributed by atoms with E-state index in [9.17, 15) is 0 Å². The molecule has 0 saturated carbocycles. The van der Waals surface area contributed by atoms with Gasteiger partial charge in [0, 0.05) is 44.5 Å². The third-order valence-electron chi connectivity index (χ3n) is 5.22. The number of aromatic nitrogens is 2. The van der Waals surface area contributed by atoms with Crippen molar-refractivity contribution in [3.63, 3.8) is 0 Å². The Morgan fingerprint density at radius 1 is 1.00 bits per heavy atom. The molecule has 0 unspecified atom stereocenters. The third-order valence-corrected chi connectivity index (χ3v) is 5.22. The summed E-state index contributed by atoms with van der Waals surface area (Å²) in [7, 11) is 0. The Morgan fingerprint density at radius 3 is 2.57 bits per heavy atom. The average molecular weight is 316 g/mol. The summed E-state index contributed by atoms with van der Waals surface area (Å²) in [6.07, 6.45) is 14.5. The molecule has 0 N–H and O–H groups in total. The zero-order valence-electron chi connectivity index (χ0n) is 14.7. The van der Waals surface area contributed by atoms with Gasteiger partial charge in [-0.25, -0.2) is 0 Å². The maximum Gasteiger partial charge on any atom is 0.0564 e. The SMILES string of the molecule is CCCCn1cc(C2=CCN(CCN3CCCCC3)CC2)cn1. The number of unbranched alkanes of at least 4 members (excludes halogenated alkanes) is 1. The van der Waals surface area contributed by atoms with E-state index in [0.717, 1.165) is 13.1 Å². The highest BCUT2D eigenvalue weighted by atomic mass is 15.3. The second kappa shape index (κ2) is 8.65. The molecule has 4 heteroatoms. The molecule has 1 aromatic heterocycles. The predicted octanol–water partition coefficient (Wildman–Crippen LogP) is 3.26. The van der Waals surface area contributed by atoms with Crippen LogP contribution in [0.3, 0.4) is 0 Å². The molecule has 0 bridgehead atoms. The lowest BCUT2D eigenvalue weighted by atomic mass is 10.0. The molecular formula is C19H32N4. The first kappa shape index (κ1) is 16.7. The fourth-order valence-corrected chi connectivity index (χ4v) is 3.61. The van der Waals surface area contributed by atoms with Gasteiger partial charge >= 0.3 is 0 Å². The number of hydrogen-bond donors (Lipinski definition) is 0. The molecule has 128 valence electrons. The minimum atomic E-state index is 1.05. The van der Waals surface area contributed by atoms with Gasteiger partial charge in [0.05, 0.1) is 6.20 Å². The van der Waals surface area contributed by atoms with Crippen LogP contribution in [0.4, 0.5) is 0 Å². The van der Waals surface area contributed by atoms with Crippen LogP contribution in [0, 0.1) is 0 Å². The smallest absolute Gasteiger partial charge is 0.0564 e. The van der Waals surface area contributed by atoms with Crippen molar-refractivity contribution in [2.75, 3.05) is 39.3 Å². The van der Waals surface area contributed by atoms with E-state index in [1.165, 1.54) is 82.4 Å². The van der Waals surface area contributed by atoms with Crippen molar-refractivity contribution in [2.24, 2.45) is 0 Å².